The number of rotatable bonds is 9. The summed E-state index contributed by atoms with van der Waals surface area (Å²) in [5.74, 6) is 0.391. The van der Waals surface area contributed by atoms with Gasteiger partial charge >= 0.3 is 0 Å². The largest absolute Gasteiger partial charge is 0.380 e. The summed E-state index contributed by atoms with van der Waals surface area (Å²) in [6.45, 7) is 7.45. The number of hydrogen-bond donors (Lipinski definition) is 1. The Bertz CT molecular complexity index is 541. The van der Waals surface area contributed by atoms with Gasteiger partial charge in [0.2, 0.25) is 10.0 Å². The predicted molar refractivity (Wildman–Crippen MR) is 89.0 cm³/mol. The van der Waals surface area contributed by atoms with Crippen LogP contribution in [0.1, 0.15) is 32.8 Å². The molecule has 1 rings (SSSR count). The van der Waals surface area contributed by atoms with Crippen LogP contribution in [0.3, 0.4) is 0 Å². The Morgan fingerprint density at radius 1 is 1.23 bits per heavy atom. The second-order valence-corrected chi connectivity index (χ2v) is 7.81. The van der Waals surface area contributed by atoms with Crippen LogP contribution in [0.5, 0.6) is 0 Å². The van der Waals surface area contributed by atoms with Gasteiger partial charge in [-0.3, -0.25) is 0 Å². The maximum Gasteiger partial charge on any atom is 0.243 e. The first-order valence-corrected chi connectivity index (χ1v) is 9.11. The molecule has 0 aromatic heterocycles. The molecule has 0 heterocycles. The minimum absolute atomic E-state index is 0.167. The molecule has 1 aromatic rings. The maximum absolute atomic E-state index is 12.8. The normalized spacial score (nSPS) is 13.8. The van der Waals surface area contributed by atoms with Gasteiger partial charge in [-0.05, 0) is 37.0 Å². The third-order valence-corrected chi connectivity index (χ3v) is 5.53. The van der Waals surface area contributed by atoms with Crippen molar-refractivity contribution in [3.05, 3.63) is 29.8 Å². The lowest BCUT2D eigenvalue weighted by atomic mass is 10.0. The van der Waals surface area contributed by atoms with E-state index >= 15 is 0 Å². The van der Waals surface area contributed by atoms with E-state index in [0.29, 0.717) is 25.7 Å². The molecule has 0 aliphatic rings. The summed E-state index contributed by atoms with van der Waals surface area (Å²) in [5.41, 5.74) is 6.46. The molecule has 1 aromatic carbocycles. The Morgan fingerprint density at radius 2 is 1.82 bits per heavy atom. The SMILES string of the molecule is CCOC[C@H](CC(C)C)N(C)S(=O)(=O)c1ccc(CN)cc1. The lowest BCUT2D eigenvalue weighted by Gasteiger charge is -2.28. The summed E-state index contributed by atoms with van der Waals surface area (Å²) in [5, 5.41) is 0. The lowest BCUT2D eigenvalue weighted by Crippen LogP contribution is -2.41. The number of benzene rings is 1. The molecule has 0 saturated carbocycles. The fourth-order valence-corrected chi connectivity index (χ4v) is 3.63. The minimum atomic E-state index is -3.53. The molecule has 5 nitrogen and oxygen atoms in total. The molecule has 0 unspecified atom stereocenters. The lowest BCUT2D eigenvalue weighted by molar-refractivity contribution is 0.0954. The molecule has 0 radical (unpaired) electrons. The Hall–Kier alpha value is -0.950. The highest BCUT2D eigenvalue weighted by molar-refractivity contribution is 7.89. The van der Waals surface area contributed by atoms with E-state index in [4.69, 9.17) is 10.5 Å². The molecule has 0 amide bonds. The topological polar surface area (TPSA) is 72.6 Å². The summed E-state index contributed by atoms with van der Waals surface area (Å²) < 4.78 is 32.4. The van der Waals surface area contributed by atoms with E-state index in [2.05, 4.69) is 13.8 Å². The van der Waals surface area contributed by atoms with Gasteiger partial charge in [0, 0.05) is 26.2 Å². The Kier molecular flexibility index (Phi) is 7.48. The van der Waals surface area contributed by atoms with Crippen LogP contribution in [0.4, 0.5) is 0 Å². The fraction of sp³-hybridized carbons (Fsp3) is 0.625. The zero-order chi connectivity index (χ0) is 16.8. The first-order valence-electron chi connectivity index (χ1n) is 7.67. The quantitative estimate of drug-likeness (QED) is 0.754. The Morgan fingerprint density at radius 3 is 2.27 bits per heavy atom. The van der Waals surface area contributed by atoms with E-state index in [1.807, 2.05) is 6.92 Å². The van der Waals surface area contributed by atoms with Crippen LogP contribution in [0.15, 0.2) is 29.2 Å². The number of ether oxygens (including phenoxy) is 1. The molecule has 0 aliphatic carbocycles. The maximum atomic E-state index is 12.8. The van der Waals surface area contributed by atoms with Crippen LogP contribution in [0.2, 0.25) is 0 Å². The smallest absolute Gasteiger partial charge is 0.243 e. The first-order chi connectivity index (χ1) is 10.3. The van der Waals surface area contributed by atoms with E-state index in [9.17, 15) is 8.42 Å². The third kappa shape index (κ3) is 5.05. The van der Waals surface area contributed by atoms with Crippen molar-refractivity contribution in [1.29, 1.82) is 0 Å². The Balaban J connectivity index is 2.99. The van der Waals surface area contributed by atoms with Crippen LogP contribution < -0.4 is 5.73 Å². The first kappa shape index (κ1) is 19.1. The van der Waals surface area contributed by atoms with Crippen molar-refractivity contribution < 1.29 is 13.2 Å². The van der Waals surface area contributed by atoms with E-state index in [1.165, 1.54) is 4.31 Å². The summed E-state index contributed by atoms with van der Waals surface area (Å²) in [6, 6.07) is 6.56. The highest BCUT2D eigenvalue weighted by Gasteiger charge is 2.28. The molecular formula is C16H28N2O3S. The molecule has 0 bridgehead atoms. The average Bonchev–Trinajstić information content (AvgIpc) is 2.50. The number of nitrogens with zero attached hydrogens (tertiary/aromatic N) is 1. The van der Waals surface area contributed by atoms with Gasteiger partial charge in [-0.2, -0.15) is 4.31 Å². The van der Waals surface area contributed by atoms with Crippen LogP contribution >= 0.6 is 0 Å². The zero-order valence-electron chi connectivity index (χ0n) is 14.0. The van der Waals surface area contributed by atoms with Gasteiger partial charge in [0.1, 0.15) is 0 Å². The molecule has 22 heavy (non-hydrogen) atoms. The monoisotopic (exact) mass is 328 g/mol. The number of hydrogen-bond acceptors (Lipinski definition) is 4. The van der Waals surface area contributed by atoms with Gasteiger partial charge in [-0.25, -0.2) is 8.42 Å². The molecule has 6 heteroatoms. The van der Waals surface area contributed by atoms with Gasteiger partial charge < -0.3 is 10.5 Å². The van der Waals surface area contributed by atoms with Gasteiger partial charge in [-0.15, -0.1) is 0 Å². The second-order valence-electron chi connectivity index (χ2n) is 5.81. The summed E-state index contributed by atoms with van der Waals surface area (Å²) in [7, 11) is -1.90. The summed E-state index contributed by atoms with van der Waals surface area (Å²) >= 11 is 0. The van der Waals surface area contributed by atoms with Crippen LogP contribution in [0.25, 0.3) is 0 Å². The number of likely N-dealkylation sites (N-methyl/N-ethyl adjacent to an activating group) is 1. The van der Waals surface area contributed by atoms with Gasteiger partial charge in [0.15, 0.2) is 0 Å². The van der Waals surface area contributed by atoms with Gasteiger partial charge in [0.05, 0.1) is 11.5 Å². The van der Waals surface area contributed by atoms with Crippen molar-refractivity contribution in [3.63, 3.8) is 0 Å². The molecule has 0 spiro atoms. The summed E-state index contributed by atoms with van der Waals surface area (Å²) in [4.78, 5) is 0.289. The molecule has 2 N–H and O–H groups in total. The summed E-state index contributed by atoms with van der Waals surface area (Å²) in [6.07, 6.45) is 0.761. The fourth-order valence-electron chi connectivity index (χ4n) is 2.28. The molecule has 1 atom stereocenters. The van der Waals surface area contributed by atoms with E-state index < -0.39 is 10.0 Å². The van der Waals surface area contributed by atoms with Crippen molar-refractivity contribution in [2.24, 2.45) is 11.7 Å². The van der Waals surface area contributed by atoms with E-state index in [-0.39, 0.29) is 10.9 Å². The zero-order valence-corrected chi connectivity index (χ0v) is 14.8. The van der Waals surface area contributed by atoms with Crippen molar-refractivity contribution in [3.8, 4) is 0 Å². The van der Waals surface area contributed by atoms with Crippen LogP contribution in [0, 0.1) is 5.92 Å². The molecule has 0 aliphatic heterocycles. The second kappa shape index (κ2) is 8.62. The van der Waals surface area contributed by atoms with Crippen LogP contribution in [-0.2, 0) is 21.3 Å². The standard InChI is InChI=1S/C16H28N2O3S/c1-5-21-12-15(10-13(2)3)18(4)22(19,20)16-8-6-14(11-17)7-9-16/h6-9,13,15H,5,10-12,17H2,1-4H3/t15-/m0/s1. The number of sulfonamides is 1. The molecular weight excluding hydrogens is 300 g/mol. The van der Waals surface area contributed by atoms with Gasteiger partial charge in [-0.1, -0.05) is 26.0 Å². The highest BCUT2D eigenvalue weighted by Crippen LogP contribution is 2.21. The molecule has 0 saturated heterocycles. The average molecular weight is 328 g/mol. The predicted octanol–water partition coefficient (Wildman–Crippen LogP) is 2.22. The van der Waals surface area contributed by atoms with Crippen LogP contribution in [-0.4, -0.2) is 39.0 Å². The van der Waals surface area contributed by atoms with Crippen molar-refractivity contribution in [2.45, 2.75) is 44.7 Å². The Labute approximate surface area is 134 Å². The van der Waals surface area contributed by atoms with Crippen molar-refractivity contribution in [2.75, 3.05) is 20.3 Å². The molecule has 0 fully saturated rings. The molecule has 126 valence electrons. The third-order valence-electron chi connectivity index (χ3n) is 3.61. The van der Waals surface area contributed by atoms with Crippen molar-refractivity contribution >= 4 is 10.0 Å². The van der Waals surface area contributed by atoms with Crippen molar-refractivity contribution in [1.82, 2.24) is 4.31 Å². The van der Waals surface area contributed by atoms with E-state index in [0.717, 1.165) is 12.0 Å². The highest BCUT2D eigenvalue weighted by atomic mass is 32.2. The minimum Gasteiger partial charge on any atom is -0.380 e. The van der Waals surface area contributed by atoms with Gasteiger partial charge in [0.25, 0.3) is 0 Å². The number of nitrogens with two attached hydrogens (primary N) is 1. The van der Waals surface area contributed by atoms with E-state index in [1.54, 1.807) is 31.3 Å².